The predicted octanol–water partition coefficient (Wildman–Crippen LogP) is 0.854. The van der Waals surface area contributed by atoms with Crippen molar-refractivity contribution >= 4 is 5.91 Å². The summed E-state index contributed by atoms with van der Waals surface area (Å²) in [4.78, 5) is 15.6. The standard InChI is InChI=1S/C13H19N3O2/c1-9-2-5-12(17)11(15-9)8-14-7-6-13(18)16-10-3-4-10/h2,5,10,14,17H,3-4,6-8H2,1H3,(H,16,18). The molecule has 0 radical (unpaired) electrons. The molecule has 1 aromatic heterocycles. The maximum Gasteiger partial charge on any atom is 0.221 e. The molecule has 1 aromatic rings. The fraction of sp³-hybridized carbons (Fsp3) is 0.538. The molecule has 1 heterocycles. The molecule has 0 bridgehead atoms. The number of aromatic hydroxyl groups is 1. The molecule has 5 nitrogen and oxygen atoms in total. The van der Waals surface area contributed by atoms with Crippen LogP contribution in [0.1, 0.15) is 30.7 Å². The Hall–Kier alpha value is -1.62. The molecular weight excluding hydrogens is 230 g/mol. The number of pyridine rings is 1. The first-order valence-corrected chi connectivity index (χ1v) is 6.31. The number of nitrogens with zero attached hydrogens (tertiary/aromatic N) is 1. The van der Waals surface area contributed by atoms with E-state index in [2.05, 4.69) is 15.6 Å². The van der Waals surface area contributed by atoms with Gasteiger partial charge in [-0.25, -0.2) is 0 Å². The van der Waals surface area contributed by atoms with Crippen molar-refractivity contribution in [3.8, 4) is 5.75 Å². The third-order valence-corrected chi connectivity index (χ3v) is 2.85. The molecule has 0 aromatic carbocycles. The Morgan fingerprint density at radius 2 is 2.28 bits per heavy atom. The van der Waals surface area contributed by atoms with Gasteiger partial charge in [-0.2, -0.15) is 0 Å². The van der Waals surface area contributed by atoms with Crippen LogP contribution in [0, 0.1) is 6.92 Å². The lowest BCUT2D eigenvalue weighted by Gasteiger charge is -2.07. The van der Waals surface area contributed by atoms with Crippen LogP contribution in [0.5, 0.6) is 5.75 Å². The van der Waals surface area contributed by atoms with E-state index in [0.717, 1.165) is 18.5 Å². The molecule has 0 aliphatic heterocycles. The van der Waals surface area contributed by atoms with Crippen LogP contribution in [0.3, 0.4) is 0 Å². The van der Waals surface area contributed by atoms with Crippen molar-refractivity contribution in [2.75, 3.05) is 6.54 Å². The summed E-state index contributed by atoms with van der Waals surface area (Å²) in [6.45, 7) is 2.95. The smallest absolute Gasteiger partial charge is 0.221 e. The number of carbonyl (C=O) groups is 1. The number of hydrogen-bond donors (Lipinski definition) is 3. The molecule has 0 spiro atoms. The number of aryl methyl sites for hydroxylation is 1. The largest absolute Gasteiger partial charge is 0.506 e. The van der Waals surface area contributed by atoms with Crippen LogP contribution in [0.4, 0.5) is 0 Å². The van der Waals surface area contributed by atoms with Gasteiger partial charge >= 0.3 is 0 Å². The number of carbonyl (C=O) groups excluding carboxylic acids is 1. The quantitative estimate of drug-likeness (QED) is 0.654. The first-order chi connectivity index (χ1) is 8.65. The lowest BCUT2D eigenvalue weighted by Crippen LogP contribution is -2.29. The molecule has 18 heavy (non-hydrogen) atoms. The van der Waals surface area contributed by atoms with Crippen LogP contribution in [0.2, 0.25) is 0 Å². The van der Waals surface area contributed by atoms with Crippen molar-refractivity contribution in [2.24, 2.45) is 0 Å². The minimum atomic E-state index is 0.0893. The van der Waals surface area contributed by atoms with Gasteiger partial charge in [-0.05, 0) is 31.9 Å². The summed E-state index contributed by atoms with van der Waals surface area (Å²) >= 11 is 0. The van der Waals surface area contributed by atoms with Gasteiger partial charge in [0.15, 0.2) is 0 Å². The minimum Gasteiger partial charge on any atom is -0.506 e. The summed E-state index contributed by atoms with van der Waals surface area (Å²) in [6.07, 6.45) is 2.68. The number of aromatic nitrogens is 1. The minimum absolute atomic E-state index is 0.0893. The van der Waals surface area contributed by atoms with Crippen LogP contribution >= 0.6 is 0 Å². The van der Waals surface area contributed by atoms with Gasteiger partial charge < -0.3 is 15.7 Å². The van der Waals surface area contributed by atoms with Gasteiger partial charge in [0.1, 0.15) is 5.75 Å². The highest BCUT2D eigenvalue weighted by Crippen LogP contribution is 2.18. The van der Waals surface area contributed by atoms with Crippen LogP contribution < -0.4 is 10.6 Å². The first kappa shape index (κ1) is 12.8. The maximum absolute atomic E-state index is 11.4. The number of rotatable bonds is 6. The average molecular weight is 249 g/mol. The van der Waals surface area contributed by atoms with E-state index in [1.165, 1.54) is 0 Å². The summed E-state index contributed by atoms with van der Waals surface area (Å²) in [5, 5.41) is 15.6. The fourth-order valence-corrected chi connectivity index (χ4v) is 1.67. The highest BCUT2D eigenvalue weighted by molar-refractivity contribution is 5.76. The second-order valence-corrected chi connectivity index (χ2v) is 4.69. The van der Waals surface area contributed by atoms with Gasteiger partial charge in [0.2, 0.25) is 5.91 Å². The highest BCUT2D eigenvalue weighted by Gasteiger charge is 2.22. The second-order valence-electron chi connectivity index (χ2n) is 4.69. The van der Waals surface area contributed by atoms with E-state index in [1.807, 2.05) is 6.92 Å². The lowest BCUT2D eigenvalue weighted by molar-refractivity contribution is -0.121. The molecule has 1 fully saturated rings. The summed E-state index contributed by atoms with van der Waals surface area (Å²) < 4.78 is 0. The second kappa shape index (κ2) is 5.82. The summed E-state index contributed by atoms with van der Waals surface area (Å²) in [7, 11) is 0. The molecule has 0 saturated heterocycles. The summed E-state index contributed by atoms with van der Waals surface area (Å²) in [5.41, 5.74) is 1.49. The summed E-state index contributed by atoms with van der Waals surface area (Å²) in [5.74, 6) is 0.280. The molecule has 1 saturated carbocycles. The molecule has 1 aliphatic carbocycles. The zero-order valence-electron chi connectivity index (χ0n) is 10.6. The Balaban J connectivity index is 1.67. The molecule has 0 atom stereocenters. The Morgan fingerprint density at radius 1 is 1.50 bits per heavy atom. The van der Waals surface area contributed by atoms with Crippen molar-refractivity contribution in [1.82, 2.24) is 15.6 Å². The van der Waals surface area contributed by atoms with Gasteiger partial charge in [-0.1, -0.05) is 0 Å². The number of hydrogen-bond acceptors (Lipinski definition) is 4. The molecule has 2 rings (SSSR count). The van der Waals surface area contributed by atoms with Gasteiger partial charge in [0.25, 0.3) is 0 Å². The summed E-state index contributed by atoms with van der Waals surface area (Å²) in [6, 6.07) is 3.82. The van der Waals surface area contributed by atoms with E-state index >= 15 is 0 Å². The predicted molar refractivity (Wildman–Crippen MR) is 68.1 cm³/mol. The normalized spacial score (nSPS) is 14.5. The SMILES string of the molecule is Cc1ccc(O)c(CNCCC(=O)NC2CC2)n1. The van der Waals surface area contributed by atoms with E-state index < -0.39 is 0 Å². The molecule has 1 amide bonds. The van der Waals surface area contributed by atoms with Crippen molar-refractivity contribution in [1.29, 1.82) is 0 Å². The molecule has 0 unspecified atom stereocenters. The van der Waals surface area contributed by atoms with E-state index in [9.17, 15) is 9.90 Å². The van der Waals surface area contributed by atoms with E-state index in [4.69, 9.17) is 0 Å². The Bertz CT molecular complexity index is 430. The molecule has 5 heteroatoms. The molecular formula is C13H19N3O2. The van der Waals surface area contributed by atoms with Crippen LogP contribution in [0.25, 0.3) is 0 Å². The first-order valence-electron chi connectivity index (χ1n) is 6.31. The Kier molecular flexibility index (Phi) is 4.15. The third kappa shape index (κ3) is 4.00. The zero-order valence-corrected chi connectivity index (χ0v) is 10.6. The number of amides is 1. The van der Waals surface area contributed by atoms with Gasteiger partial charge in [-0.3, -0.25) is 9.78 Å². The van der Waals surface area contributed by atoms with Crippen molar-refractivity contribution in [2.45, 2.75) is 38.8 Å². The van der Waals surface area contributed by atoms with Crippen LogP contribution in [-0.4, -0.2) is 28.6 Å². The lowest BCUT2D eigenvalue weighted by atomic mass is 10.3. The monoisotopic (exact) mass is 249 g/mol. The van der Waals surface area contributed by atoms with Crippen molar-refractivity contribution in [3.63, 3.8) is 0 Å². The van der Waals surface area contributed by atoms with E-state index in [0.29, 0.717) is 31.2 Å². The fourth-order valence-electron chi connectivity index (χ4n) is 1.67. The van der Waals surface area contributed by atoms with Crippen molar-refractivity contribution in [3.05, 3.63) is 23.5 Å². The maximum atomic E-state index is 11.4. The van der Waals surface area contributed by atoms with Crippen LogP contribution in [0.15, 0.2) is 12.1 Å². The highest BCUT2D eigenvalue weighted by atomic mass is 16.3. The molecule has 3 N–H and O–H groups in total. The van der Waals surface area contributed by atoms with Gasteiger partial charge in [-0.15, -0.1) is 0 Å². The Labute approximate surface area is 107 Å². The molecule has 1 aliphatic rings. The topological polar surface area (TPSA) is 74.2 Å². The molecule has 98 valence electrons. The van der Waals surface area contributed by atoms with Crippen LogP contribution in [-0.2, 0) is 11.3 Å². The number of nitrogens with one attached hydrogen (secondary N) is 2. The Morgan fingerprint density at radius 3 is 3.00 bits per heavy atom. The van der Waals surface area contributed by atoms with E-state index in [-0.39, 0.29) is 11.7 Å². The third-order valence-electron chi connectivity index (χ3n) is 2.85. The van der Waals surface area contributed by atoms with Gasteiger partial charge in [0.05, 0.1) is 5.69 Å². The van der Waals surface area contributed by atoms with E-state index in [1.54, 1.807) is 12.1 Å². The average Bonchev–Trinajstić information content (AvgIpc) is 3.13. The van der Waals surface area contributed by atoms with Crippen molar-refractivity contribution < 1.29 is 9.90 Å². The van der Waals surface area contributed by atoms with Gasteiger partial charge in [0, 0.05) is 31.2 Å². The zero-order chi connectivity index (χ0) is 13.0.